The Kier molecular flexibility index (Phi) is 8.21. The predicted molar refractivity (Wildman–Crippen MR) is 143 cm³/mol. The first-order valence-electron chi connectivity index (χ1n) is 12.0. The number of sulfonamides is 1. The molecule has 3 aromatic rings. The average Bonchev–Trinajstić information content (AvgIpc) is 3.23. The molecule has 0 bridgehead atoms. The number of rotatable bonds is 7. The fourth-order valence-electron chi connectivity index (χ4n) is 4.44. The van der Waals surface area contributed by atoms with Crippen molar-refractivity contribution in [2.45, 2.75) is 54.5 Å². The molecule has 1 saturated carbocycles. The van der Waals surface area contributed by atoms with Gasteiger partial charge >= 0.3 is 5.97 Å². The van der Waals surface area contributed by atoms with Crippen LogP contribution < -0.4 is 4.80 Å². The molecule has 0 atom stereocenters. The van der Waals surface area contributed by atoms with E-state index in [2.05, 4.69) is 4.99 Å². The Morgan fingerprint density at radius 1 is 1.03 bits per heavy atom. The smallest absolute Gasteiger partial charge is 0.325 e. The van der Waals surface area contributed by atoms with E-state index in [0.29, 0.717) is 10.2 Å². The number of nitrogens with zero attached hydrogens (tertiary/aromatic N) is 3. The maximum Gasteiger partial charge on any atom is 0.325 e. The Balaban J connectivity index is 1.68. The summed E-state index contributed by atoms with van der Waals surface area (Å²) in [6, 6.07) is 10.0. The van der Waals surface area contributed by atoms with Crippen LogP contribution in [0.25, 0.3) is 10.2 Å². The number of esters is 1. The van der Waals surface area contributed by atoms with Crippen LogP contribution >= 0.6 is 11.3 Å². The van der Waals surface area contributed by atoms with E-state index in [1.807, 2.05) is 0 Å². The molecule has 10 nitrogen and oxygen atoms in total. The van der Waals surface area contributed by atoms with Crippen molar-refractivity contribution in [3.8, 4) is 0 Å². The maximum absolute atomic E-state index is 13.1. The lowest BCUT2D eigenvalue weighted by molar-refractivity contribution is -0.141. The van der Waals surface area contributed by atoms with Crippen molar-refractivity contribution in [2.24, 2.45) is 4.99 Å². The molecule has 1 aliphatic carbocycles. The van der Waals surface area contributed by atoms with Crippen molar-refractivity contribution < 1.29 is 31.2 Å². The summed E-state index contributed by atoms with van der Waals surface area (Å²) in [5.41, 5.74) is 0.690. The van der Waals surface area contributed by atoms with Gasteiger partial charge in [-0.15, -0.1) is 0 Å². The van der Waals surface area contributed by atoms with Gasteiger partial charge in [0.2, 0.25) is 10.0 Å². The number of ether oxygens (including phenoxy) is 1. The highest BCUT2D eigenvalue weighted by atomic mass is 32.2. The van der Waals surface area contributed by atoms with E-state index in [0.717, 1.165) is 49.7 Å². The molecule has 1 aromatic heterocycles. The van der Waals surface area contributed by atoms with E-state index < -0.39 is 31.7 Å². The number of amides is 1. The molecule has 1 heterocycles. The highest BCUT2D eigenvalue weighted by Gasteiger charge is 2.29. The largest absolute Gasteiger partial charge is 0.468 e. The van der Waals surface area contributed by atoms with E-state index in [1.165, 1.54) is 52.4 Å². The molecule has 0 unspecified atom stereocenters. The summed E-state index contributed by atoms with van der Waals surface area (Å²) < 4.78 is 58.4. The number of fused-ring (bicyclic) bond motifs is 1. The first kappa shape index (κ1) is 28.1. The standard InChI is InChI=1S/C25H29N3O7S3/c1-27(18-7-5-4-6-8-18)38(33,34)19-11-9-17(10-12-19)24(30)26-25-28(16-23(29)35-2)21-14-13-20(37(3,31)32)15-22(21)36-25/h9-15,18H,4-8,16H2,1-3H3. The van der Waals surface area contributed by atoms with Gasteiger partial charge in [-0.25, -0.2) is 16.8 Å². The van der Waals surface area contributed by atoms with Crippen LogP contribution in [0.2, 0.25) is 0 Å². The third-order valence-electron chi connectivity index (χ3n) is 6.66. The third kappa shape index (κ3) is 5.90. The second-order valence-electron chi connectivity index (χ2n) is 9.20. The van der Waals surface area contributed by atoms with Gasteiger partial charge in [0.25, 0.3) is 5.91 Å². The van der Waals surface area contributed by atoms with Gasteiger partial charge in [0.05, 0.1) is 27.1 Å². The summed E-state index contributed by atoms with van der Waals surface area (Å²) >= 11 is 1.06. The Morgan fingerprint density at radius 2 is 1.66 bits per heavy atom. The molecule has 0 saturated heterocycles. The molecule has 1 fully saturated rings. The number of benzene rings is 2. The molecule has 0 radical (unpaired) electrons. The molecule has 0 aliphatic heterocycles. The van der Waals surface area contributed by atoms with Gasteiger partial charge in [-0.05, 0) is 55.3 Å². The SMILES string of the molecule is COC(=O)Cn1c(=NC(=O)c2ccc(S(=O)(=O)N(C)C3CCCCC3)cc2)sc2cc(S(C)(=O)=O)ccc21. The number of hydrogen-bond donors (Lipinski definition) is 0. The van der Waals surface area contributed by atoms with Gasteiger partial charge in [0, 0.05) is 24.9 Å². The van der Waals surface area contributed by atoms with Gasteiger partial charge in [0.15, 0.2) is 14.6 Å². The molecule has 2 aromatic carbocycles. The van der Waals surface area contributed by atoms with Crippen LogP contribution in [-0.4, -0.2) is 64.0 Å². The van der Waals surface area contributed by atoms with Crippen molar-refractivity contribution in [3.63, 3.8) is 0 Å². The molecule has 1 aliphatic rings. The number of methoxy groups -OCH3 is 1. The summed E-state index contributed by atoms with van der Waals surface area (Å²) in [5.74, 6) is -1.20. The second kappa shape index (κ2) is 11.1. The number of carbonyl (C=O) groups is 2. The summed E-state index contributed by atoms with van der Waals surface area (Å²) in [4.78, 5) is 29.6. The van der Waals surface area contributed by atoms with Crippen LogP contribution in [0.3, 0.4) is 0 Å². The zero-order chi connectivity index (χ0) is 27.7. The normalized spacial score (nSPS) is 15.7. The quantitative estimate of drug-likeness (QED) is 0.393. The lowest BCUT2D eigenvalue weighted by Crippen LogP contribution is -2.38. The number of carbonyl (C=O) groups excluding carboxylic acids is 2. The topological polar surface area (TPSA) is 132 Å². The van der Waals surface area contributed by atoms with Gasteiger partial charge in [-0.1, -0.05) is 30.6 Å². The van der Waals surface area contributed by atoms with E-state index in [4.69, 9.17) is 4.74 Å². The minimum Gasteiger partial charge on any atom is -0.468 e. The molecule has 4 rings (SSSR count). The van der Waals surface area contributed by atoms with Gasteiger partial charge in [0.1, 0.15) is 6.54 Å². The Bertz CT molecular complexity index is 1650. The Labute approximate surface area is 225 Å². The van der Waals surface area contributed by atoms with Crippen LogP contribution in [0.15, 0.2) is 57.2 Å². The second-order valence-corrected chi connectivity index (χ2v) is 14.2. The Hall–Kier alpha value is -2.87. The fourth-order valence-corrected chi connectivity index (χ4v) is 7.65. The van der Waals surface area contributed by atoms with Crippen molar-refractivity contribution in [3.05, 3.63) is 52.8 Å². The van der Waals surface area contributed by atoms with Gasteiger partial charge in [-0.2, -0.15) is 9.30 Å². The first-order chi connectivity index (χ1) is 17.9. The van der Waals surface area contributed by atoms with Crippen LogP contribution in [0, 0.1) is 0 Å². The zero-order valence-electron chi connectivity index (χ0n) is 21.3. The van der Waals surface area contributed by atoms with Crippen LogP contribution in [0.1, 0.15) is 42.5 Å². The number of thiazole rings is 1. The lowest BCUT2D eigenvalue weighted by Gasteiger charge is -2.30. The van der Waals surface area contributed by atoms with Gasteiger partial charge in [-0.3, -0.25) is 9.59 Å². The van der Waals surface area contributed by atoms with Crippen molar-refractivity contribution in [1.29, 1.82) is 0 Å². The molecule has 38 heavy (non-hydrogen) atoms. The monoisotopic (exact) mass is 579 g/mol. The summed E-state index contributed by atoms with van der Waals surface area (Å²) in [5, 5.41) is 0. The van der Waals surface area contributed by atoms with E-state index in [1.54, 1.807) is 13.1 Å². The van der Waals surface area contributed by atoms with E-state index in [9.17, 15) is 26.4 Å². The summed E-state index contributed by atoms with van der Waals surface area (Å²) in [6.07, 6.45) is 5.87. The molecule has 0 N–H and O–H groups in total. The molecular formula is C25H29N3O7S3. The molecule has 204 valence electrons. The predicted octanol–water partition coefficient (Wildman–Crippen LogP) is 2.97. The third-order valence-corrected chi connectivity index (χ3v) is 10.7. The number of aromatic nitrogens is 1. The van der Waals surface area contributed by atoms with E-state index >= 15 is 0 Å². The maximum atomic E-state index is 13.1. The molecule has 13 heteroatoms. The van der Waals surface area contributed by atoms with Crippen LogP contribution in [0.4, 0.5) is 0 Å². The highest BCUT2D eigenvalue weighted by Crippen LogP contribution is 2.27. The summed E-state index contributed by atoms with van der Waals surface area (Å²) in [6.45, 7) is -0.231. The molecule has 0 spiro atoms. The lowest BCUT2D eigenvalue weighted by atomic mass is 9.96. The van der Waals surface area contributed by atoms with Crippen LogP contribution in [0.5, 0.6) is 0 Å². The van der Waals surface area contributed by atoms with Crippen molar-refractivity contribution in [1.82, 2.24) is 8.87 Å². The number of sulfone groups is 1. The highest BCUT2D eigenvalue weighted by molar-refractivity contribution is 7.90. The zero-order valence-corrected chi connectivity index (χ0v) is 23.7. The molecular weight excluding hydrogens is 550 g/mol. The van der Waals surface area contributed by atoms with Crippen LogP contribution in [-0.2, 0) is 35.9 Å². The Morgan fingerprint density at radius 3 is 2.26 bits per heavy atom. The average molecular weight is 580 g/mol. The fraction of sp³-hybridized carbons (Fsp3) is 0.400. The minimum atomic E-state index is -3.71. The van der Waals surface area contributed by atoms with Crippen molar-refractivity contribution >= 4 is 53.3 Å². The minimum absolute atomic E-state index is 0.0357. The van der Waals surface area contributed by atoms with Gasteiger partial charge < -0.3 is 9.30 Å². The number of hydrogen-bond acceptors (Lipinski definition) is 8. The van der Waals surface area contributed by atoms with Crippen molar-refractivity contribution in [2.75, 3.05) is 20.4 Å². The molecule has 1 amide bonds. The first-order valence-corrected chi connectivity index (χ1v) is 16.1. The van der Waals surface area contributed by atoms with E-state index in [-0.39, 0.29) is 32.7 Å². The summed E-state index contributed by atoms with van der Waals surface area (Å²) in [7, 11) is -4.34.